The van der Waals surface area contributed by atoms with Crippen molar-refractivity contribution in [1.82, 2.24) is 4.90 Å². The second kappa shape index (κ2) is 6.62. The van der Waals surface area contributed by atoms with Crippen molar-refractivity contribution in [2.45, 2.75) is 32.4 Å². The van der Waals surface area contributed by atoms with Crippen LogP contribution in [0.5, 0.6) is 5.75 Å². The van der Waals surface area contributed by atoms with Gasteiger partial charge in [0.2, 0.25) is 0 Å². The fourth-order valence-corrected chi connectivity index (χ4v) is 1.96. The molecule has 3 nitrogen and oxygen atoms in total. The molecule has 17 heavy (non-hydrogen) atoms. The van der Waals surface area contributed by atoms with Crippen LogP contribution >= 0.6 is 0 Å². The lowest BCUT2D eigenvalue weighted by Gasteiger charge is -2.32. The third kappa shape index (κ3) is 3.45. The number of nitrogens with two attached hydrogens (primary N) is 1. The second-order valence-electron chi connectivity index (χ2n) is 4.45. The molecule has 2 N–H and O–H groups in total. The van der Waals surface area contributed by atoms with Gasteiger partial charge in [0.1, 0.15) is 5.75 Å². The molecule has 2 atom stereocenters. The van der Waals surface area contributed by atoms with Crippen LogP contribution in [-0.4, -0.2) is 31.6 Å². The number of ether oxygens (including phenoxy) is 1. The number of methoxy groups -OCH3 is 1. The Morgan fingerprint density at radius 1 is 1.29 bits per heavy atom. The van der Waals surface area contributed by atoms with Gasteiger partial charge in [-0.25, -0.2) is 0 Å². The van der Waals surface area contributed by atoms with Crippen LogP contribution in [0.2, 0.25) is 0 Å². The Labute approximate surface area is 105 Å². The Balaban J connectivity index is 2.85. The summed E-state index contributed by atoms with van der Waals surface area (Å²) in [4.78, 5) is 2.34. The zero-order chi connectivity index (χ0) is 12.8. The molecular weight excluding hydrogens is 212 g/mol. The first-order valence-corrected chi connectivity index (χ1v) is 6.20. The van der Waals surface area contributed by atoms with E-state index in [1.165, 1.54) is 5.56 Å². The van der Waals surface area contributed by atoms with Crippen molar-refractivity contribution in [2.75, 3.05) is 20.7 Å². The highest BCUT2D eigenvalue weighted by atomic mass is 16.5. The highest BCUT2D eigenvalue weighted by Crippen LogP contribution is 2.23. The number of hydrogen-bond acceptors (Lipinski definition) is 3. The van der Waals surface area contributed by atoms with E-state index in [0.717, 1.165) is 12.2 Å². The van der Waals surface area contributed by atoms with Crippen molar-refractivity contribution in [3.63, 3.8) is 0 Å². The van der Waals surface area contributed by atoms with E-state index in [9.17, 15) is 0 Å². The fourth-order valence-electron chi connectivity index (χ4n) is 1.96. The lowest BCUT2D eigenvalue weighted by atomic mass is 10.0. The first kappa shape index (κ1) is 14.0. The summed E-state index contributed by atoms with van der Waals surface area (Å²) in [5.41, 5.74) is 7.14. The predicted molar refractivity (Wildman–Crippen MR) is 72.3 cm³/mol. The van der Waals surface area contributed by atoms with Gasteiger partial charge < -0.3 is 10.5 Å². The summed E-state index contributed by atoms with van der Waals surface area (Å²) in [6, 6.07) is 8.97. The maximum atomic E-state index is 5.90. The van der Waals surface area contributed by atoms with E-state index in [1.54, 1.807) is 7.11 Å². The molecule has 0 amide bonds. The zero-order valence-electron chi connectivity index (χ0n) is 11.3. The normalized spacial score (nSPS) is 14.7. The third-order valence-electron chi connectivity index (χ3n) is 3.50. The van der Waals surface area contributed by atoms with Crippen LogP contribution in [0.3, 0.4) is 0 Å². The summed E-state index contributed by atoms with van der Waals surface area (Å²) < 4.78 is 5.17. The first-order chi connectivity index (χ1) is 8.13. The van der Waals surface area contributed by atoms with E-state index in [1.807, 2.05) is 12.1 Å². The summed E-state index contributed by atoms with van der Waals surface area (Å²) in [6.07, 6.45) is 1.13. The molecule has 96 valence electrons. The van der Waals surface area contributed by atoms with Crippen LogP contribution < -0.4 is 10.5 Å². The highest BCUT2D eigenvalue weighted by molar-refractivity contribution is 5.29. The fraction of sp³-hybridized carbons (Fsp3) is 0.571. The van der Waals surface area contributed by atoms with Crippen molar-refractivity contribution in [2.24, 2.45) is 5.73 Å². The standard InChI is InChI=1S/C14H24N2O/c1-5-11(2)16(3)14(10-15)12-6-8-13(17-4)9-7-12/h6-9,11,14H,5,10,15H2,1-4H3. The Morgan fingerprint density at radius 3 is 2.29 bits per heavy atom. The van der Waals surface area contributed by atoms with E-state index in [2.05, 4.69) is 37.9 Å². The number of benzene rings is 1. The van der Waals surface area contributed by atoms with Crippen LogP contribution in [0, 0.1) is 0 Å². The van der Waals surface area contributed by atoms with Crippen LogP contribution in [-0.2, 0) is 0 Å². The van der Waals surface area contributed by atoms with Gasteiger partial charge in [-0.15, -0.1) is 0 Å². The van der Waals surface area contributed by atoms with Crippen LogP contribution in [0.25, 0.3) is 0 Å². The summed E-state index contributed by atoms with van der Waals surface area (Å²) in [7, 11) is 3.82. The molecular formula is C14H24N2O. The molecule has 0 spiro atoms. The van der Waals surface area contributed by atoms with Gasteiger partial charge in [-0.05, 0) is 38.1 Å². The van der Waals surface area contributed by atoms with E-state index in [0.29, 0.717) is 12.6 Å². The highest BCUT2D eigenvalue weighted by Gasteiger charge is 2.19. The smallest absolute Gasteiger partial charge is 0.118 e. The molecule has 1 rings (SSSR count). The van der Waals surface area contributed by atoms with E-state index in [4.69, 9.17) is 10.5 Å². The molecule has 0 aromatic heterocycles. The minimum atomic E-state index is 0.274. The molecule has 3 heteroatoms. The summed E-state index contributed by atoms with van der Waals surface area (Å²) in [6.45, 7) is 5.06. The van der Waals surface area contributed by atoms with E-state index < -0.39 is 0 Å². The van der Waals surface area contributed by atoms with E-state index in [-0.39, 0.29) is 6.04 Å². The van der Waals surface area contributed by atoms with Gasteiger partial charge in [-0.2, -0.15) is 0 Å². The van der Waals surface area contributed by atoms with Gasteiger partial charge >= 0.3 is 0 Å². The molecule has 0 aliphatic heterocycles. The van der Waals surface area contributed by atoms with Gasteiger partial charge in [0.05, 0.1) is 7.11 Å². The number of hydrogen-bond donors (Lipinski definition) is 1. The maximum Gasteiger partial charge on any atom is 0.118 e. The number of nitrogens with zero attached hydrogens (tertiary/aromatic N) is 1. The third-order valence-corrected chi connectivity index (χ3v) is 3.50. The van der Waals surface area contributed by atoms with Crippen molar-refractivity contribution in [3.05, 3.63) is 29.8 Å². The van der Waals surface area contributed by atoms with Crippen LogP contribution in [0.1, 0.15) is 31.9 Å². The van der Waals surface area contributed by atoms with Crippen LogP contribution in [0.15, 0.2) is 24.3 Å². The molecule has 0 saturated heterocycles. The topological polar surface area (TPSA) is 38.5 Å². The Hall–Kier alpha value is -1.06. The second-order valence-corrected chi connectivity index (χ2v) is 4.45. The molecule has 0 aliphatic carbocycles. The first-order valence-electron chi connectivity index (χ1n) is 6.20. The Morgan fingerprint density at radius 2 is 1.88 bits per heavy atom. The van der Waals surface area contributed by atoms with Gasteiger partial charge in [0.25, 0.3) is 0 Å². The quantitative estimate of drug-likeness (QED) is 0.824. The molecule has 0 heterocycles. The number of likely N-dealkylation sites (N-methyl/N-ethyl adjacent to an activating group) is 1. The zero-order valence-corrected chi connectivity index (χ0v) is 11.3. The summed E-state index contributed by atoms with van der Waals surface area (Å²) in [5.74, 6) is 0.885. The van der Waals surface area contributed by atoms with E-state index >= 15 is 0 Å². The summed E-state index contributed by atoms with van der Waals surface area (Å²) in [5, 5.41) is 0. The van der Waals surface area contributed by atoms with Crippen molar-refractivity contribution in [1.29, 1.82) is 0 Å². The molecule has 0 aliphatic rings. The predicted octanol–water partition coefficient (Wildman–Crippen LogP) is 2.43. The Kier molecular flexibility index (Phi) is 5.45. The molecule has 1 aromatic rings. The lowest BCUT2D eigenvalue weighted by molar-refractivity contribution is 0.184. The molecule has 2 unspecified atom stereocenters. The largest absolute Gasteiger partial charge is 0.497 e. The van der Waals surface area contributed by atoms with Gasteiger partial charge in [-0.3, -0.25) is 4.90 Å². The average molecular weight is 236 g/mol. The maximum absolute atomic E-state index is 5.90. The number of rotatable bonds is 6. The Bertz CT molecular complexity index is 323. The minimum Gasteiger partial charge on any atom is -0.497 e. The van der Waals surface area contributed by atoms with Gasteiger partial charge in [-0.1, -0.05) is 19.1 Å². The molecule has 0 saturated carbocycles. The monoisotopic (exact) mass is 236 g/mol. The SMILES string of the molecule is CCC(C)N(C)C(CN)c1ccc(OC)cc1. The van der Waals surface area contributed by atoms with Crippen molar-refractivity contribution in [3.8, 4) is 5.75 Å². The minimum absolute atomic E-state index is 0.274. The summed E-state index contributed by atoms with van der Waals surface area (Å²) >= 11 is 0. The van der Waals surface area contributed by atoms with Crippen molar-refractivity contribution >= 4 is 0 Å². The lowest BCUT2D eigenvalue weighted by Crippen LogP contribution is -2.36. The molecule has 1 aromatic carbocycles. The molecule has 0 fully saturated rings. The van der Waals surface area contributed by atoms with Crippen molar-refractivity contribution < 1.29 is 4.74 Å². The molecule has 0 bridgehead atoms. The average Bonchev–Trinajstić information content (AvgIpc) is 2.39. The van der Waals surface area contributed by atoms with Gasteiger partial charge in [0, 0.05) is 18.6 Å². The van der Waals surface area contributed by atoms with Crippen LogP contribution in [0.4, 0.5) is 0 Å². The van der Waals surface area contributed by atoms with Gasteiger partial charge in [0.15, 0.2) is 0 Å². The molecule has 0 radical (unpaired) electrons.